The fourth-order valence-electron chi connectivity index (χ4n) is 4.72. The number of pyridine rings is 1. The number of ether oxygens (including phenoxy) is 1. The number of anilines is 1. The monoisotopic (exact) mass is 588 g/mol. The lowest BCUT2D eigenvalue weighted by Crippen LogP contribution is -2.41. The van der Waals surface area contributed by atoms with E-state index in [0.29, 0.717) is 16.9 Å². The van der Waals surface area contributed by atoms with Crippen LogP contribution in [-0.4, -0.2) is 47.9 Å². The van der Waals surface area contributed by atoms with E-state index in [0.717, 1.165) is 35.6 Å². The Labute approximate surface area is 242 Å². The number of rotatable bonds is 10. The fourth-order valence-corrected chi connectivity index (χ4v) is 4.72. The van der Waals surface area contributed by atoms with Crippen molar-refractivity contribution >= 4 is 22.6 Å². The summed E-state index contributed by atoms with van der Waals surface area (Å²) in [6, 6.07) is 9.96. The van der Waals surface area contributed by atoms with E-state index in [4.69, 9.17) is 4.74 Å². The largest absolute Gasteiger partial charge is 0.453 e. The van der Waals surface area contributed by atoms with Gasteiger partial charge in [-0.2, -0.15) is 5.10 Å². The molecule has 0 radical (unpaired) electrons. The first-order valence-electron chi connectivity index (χ1n) is 13.6. The predicted molar refractivity (Wildman–Crippen MR) is 153 cm³/mol. The molecule has 0 unspecified atom stereocenters. The normalized spacial score (nSPS) is 13.7. The summed E-state index contributed by atoms with van der Waals surface area (Å²) in [5.41, 5.74) is -0.857. The van der Waals surface area contributed by atoms with Crippen LogP contribution in [0.2, 0.25) is 0 Å². The van der Waals surface area contributed by atoms with Crippen LogP contribution < -0.4 is 21.3 Å². The number of benzene rings is 2. The standard InChI is InChI=1S/C30H26F2N6O5/c1-16(15-39)34-28-26-25(10-11-33-27(26)35-36-28)43-24-9-2-17(12-22(24)32)13-23(40)21-14-37(19-7-8-19)30(42)38(29(21)41)20-5-3-18(31)4-6-20/h2-6,9-12,14,16,19,39H,7-8,13,15H2,1H3,(H2,33,34,35,36)/t16-/m1/s1. The molecule has 0 saturated heterocycles. The van der Waals surface area contributed by atoms with Crippen LogP contribution in [0.1, 0.15) is 41.7 Å². The highest BCUT2D eigenvalue weighted by atomic mass is 19.1. The number of aliphatic hydroxyl groups excluding tert-OH is 1. The number of nitrogens with one attached hydrogen (secondary N) is 2. The lowest BCUT2D eigenvalue weighted by Gasteiger charge is -2.13. The fraction of sp³-hybridized carbons (Fsp3) is 0.233. The van der Waals surface area contributed by atoms with E-state index in [-0.39, 0.29) is 53.4 Å². The highest BCUT2D eigenvalue weighted by molar-refractivity contribution is 5.97. The van der Waals surface area contributed by atoms with Gasteiger partial charge in [-0.3, -0.25) is 19.3 Å². The van der Waals surface area contributed by atoms with Crippen LogP contribution in [0.4, 0.5) is 14.6 Å². The van der Waals surface area contributed by atoms with Gasteiger partial charge in [-0.25, -0.2) is 23.1 Å². The maximum atomic E-state index is 15.2. The zero-order valence-corrected chi connectivity index (χ0v) is 22.9. The number of aliphatic hydroxyl groups is 1. The second-order valence-corrected chi connectivity index (χ2v) is 10.4. The number of hydrogen-bond acceptors (Lipinski definition) is 8. The molecule has 11 nitrogen and oxygen atoms in total. The number of H-pyrrole nitrogens is 1. The van der Waals surface area contributed by atoms with Crippen molar-refractivity contribution < 1.29 is 23.4 Å². The van der Waals surface area contributed by atoms with Crippen LogP contribution in [-0.2, 0) is 6.42 Å². The number of Topliss-reactive ketones (excluding diaryl/α,β-unsaturated/α-hetero) is 1. The molecule has 1 aliphatic rings. The quantitative estimate of drug-likeness (QED) is 0.209. The molecule has 2 aromatic carbocycles. The molecular weight excluding hydrogens is 562 g/mol. The molecule has 0 amide bonds. The first-order valence-corrected chi connectivity index (χ1v) is 13.6. The molecule has 3 aromatic heterocycles. The minimum atomic E-state index is -0.833. The van der Waals surface area contributed by atoms with E-state index in [1.807, 2.05) is 0 Å². The molecule has 0 aliphatic heterocycles. The molecule has 1 fully saturated rings. The number of aromatic amines is 1. The van der Waals surface area contributed by atoms with E-state index in [2.05, 4.69) is 20.5 Å². The summed E-state index contributed by atoms with van der Waals surface area (Å²) >= 11 is 0. The summed E-state index contributed by atoms with van der Waals surface area (Å²) in [6.45, 7) is 1.62. The number of nitrogens with zero attached hydrogens (tertiary/aromatic N) is 4. The summed E-state index contributed by atoms with van der Waals surface area (Å²) in [5, 5.41) is 19.8. The molecule has 13 heteroatoms. The highest BCUT2D eigenvalue weighted by Crippen LogP contribution is 2.35. The van der Waals surface area contributed by atoms with Crippen molar-refractivity contribution in [2.75, 3.05) is 11.9 Å². The SMILES string of the molecule is C[C@H](CO)Nc1n[nH]c2nccc(Oc3ccc(CC(=O)c4cn(C5CC5)c(=O)n(-c5ccc(F)cc5)c4=O)cc3F)c12. The first kappa shape index (κ1) is 28.0. The molecule has 3 heterocycles. The highest BCUT2D eigenvalue weighted by Gasteiger charge is 2.29. The Hall–Kier alpha value is -5.17. The van der Waals surface area contributed by atoms with E-state index in [1.54, 1.807) is 13.0 Å². The van der Waals surface area contributed by atoms with Gasteiger partial charge in [0.05, 0.1) is 12.3 Å². The summed E-state index contributed by atoms with van der Waals surface area (Å²) in [7, 11) is 0. The van der Waals surface area contributed by atoms with Crippen LogP contribution in [0.25, 0.3) is 16.7 Å². The molecule has 6 rings (SSSR count). The van der Waals surface area contributed by atoms with Crippen molar-refractivity contribution in [3.05, 3.63) is 105 Å². The Morgan fingerprint density at radius 2 is 1.91 bits per heavy atom. The lowest BCUT2D eigenvalue weighted by atomic mass is 10.0. The average Bonchev–Trinajstić information content (AvgIpc) is 3.75. The lowest BCUT2D eigenvalue weighted by molar-refractivity contribution is 0.0990. The predicted octanol–water partition coefficient (Wildman–Crippen LogP) is 3.89. The zero-order valence-electron chi connectivity index (χ0n) is 22.9. The zero-order chi connectivity index (χ0) is 30.2. The van der Waals surface area contributed by atoms with Crippen LogP contribution >= 0.6 is 0 Å². The van der Waals surface area contributed by atoms with Crippen LogP contribution in [0.3, 0.4) is 0 Å². The summed E-state index contributed by atoms with van der Waals surface area (Å²) in [6.07, 6.45) is 3.87. The van der Waals surface area contributed by atoms with Gasteiger partial charge in [0, 0.05) is 37.0 Å². The number of carbonyl (C=O) groups is 1. The van der Waals surface area contributed by atoms with E-state index < -0.39 is 28.7 Å². The number of ketones is 1. The van der Waals surface area contributed by atoms with Crippen molar-refractivity contribution in [1.82, 2.24) is 24.3 Å². The maximum Gasteiger partial charge on any atom is 0.335 e. The van der Waals surface area contributed by atoms with E-state index >= 15 is 4.39 Å². The molecule has 3 N–H and O–H groups in total. The van der Waals surface area contributed by atoms with Crippen molar-refractivity contribution in [3.8, 4) is 17.2 Å². The van der Waals surface area contributed by atoms with Gasteiger partial charge in [0.15, 0.2) is 28.8 Å². The molecule has 1 atom stereocenters. The third-order valence-corrected chi connectivity index (χ3v) is 7.10. The number of fused-ring (bicyclic) bond motifs is 1. The molecule has 220 valence electrons. The van der Waals surface area contributed by atoms with Gasteiger partial charge in [0.1, 0.15) is 22.5 Å². The molecule has 0 bridgehead atoms. The second kappa shape index (κ2) is 11.2. The molecule has 5 aromatic rings. The van der Waals surface area contributed by atoms with Gasteiger partial charge >= 0.3 is 5.69 Å². The molecule has 1 saturated carbocycles. The van der Waals surface area contributed by atoms with Crippen LogP contribution in [0, 0.1) is 11.6 Å². The van der Waals surface area contributed by atoms with Crippen molar-refractivity contribution in [1.29, 1.82) is 0 Å². The minimum Gasteiger partial charge on any atom is -0.453 e. The summed E-state index contributed by atoms with van der Waals surface area (Å²) in [5.74, 6) is -1.37. The smallest absolute Gasteiger partial charge is 0.335 e. The van der Waals surface area contributed by atoms with Crippen LogP contribution in [0.5, 0.6) is 11.5 Å². The Kier molecular flexibility index (Phi) is 7.32. The number of hydrogen-bond donors (Lipinski definition) is 3. The Morgan fingerprint density at radius 1 is 1.14 bits per heavy atom. The number of carbonyl (C=O) groups excluding carboxylic acids is 1. The van der Waals surface area contributed by atoms with Crippen molar-refractivity contribution in [2.24, 2.45) is 0 Å². The topological polar surface area (TPSA) is 144 Å². The van der Waals surface area contributed by atoms with Gasteiger partial charge in [-0.15, -0.1) is 0 Å². The van der Waals surface area contributed by atoms with Crippen molar-refractivity contribution in [2.45, 2.75) is 38.3 Å². The average molecular weight is 589 g/mol. The molecule has 0 spiro atoms. The third-order valence-electron chi connectivity index (χ3n) is 7.10. The Balaban J connectivity index is 1.28. The first-order chi connectivity index (χ1) is 20.7. The second-order valence-electron chi connectivity index (χ2n) is 10.4. The summed E-state index contributed by atoms with van der Waals surface area (Å²) < 4.78 is 36.8. The number of halogens is 2. The van der Waals surface area contributed by atoms with Crippen LogP contribution in [0.15, 0.2) is 70.5 Å². The number of aromatic nitrogens is 5. The van der Waals surface area contributed by atoms with Gasteiger partial charge in [0.2, 0.25) is 0 Å². The summed E-state index contributed by atoms with van der Waals surface area (Å²) in [4.78, 5) is 44.0. The third kappa shape index (κ3) is 5.54. The van der Waals surface area contributed by atoms with Gasteiger partial charge in [-0.05, 0) is 61.7 Å². The molecule has 1 aliphatic carbocycles. The van der Waals surface area contributed by atoms with Gasteiger partial charge in [-0.1, -0.05) is 6.07 Å². The van der Waals surface area contributed by atoms with E-state index in [1.165, 1.54) is 41.2 Å². The minimum absolute atomic E-state index is 0.119. The van der Waals surface area contributed by atoms with Gasteiger partial charge in [0.25, 0.3) is 5.56 Å². The molecule has 43 heavy (non-hydrogen) atoms. The maximum absolute atomic E-state index is 15.2. The van der Waals surface area contributed by atoms with Gasteiger partial charge < -0.3 is 15.2 Å². The van der Waals surface area contributed by atoms with E-state index in [9.17, 15) is 23.9 Å². The Bertz CT molecular complexity index is 1960. The molecular formula is C30H26F2N6O5. The Morgan fingerprint density at radius 3 is 2.60 bits per heavy atom. The van der Waals surface area contributed by atoms with Crippen molar-refractivity contribution in [3.63, 3.8) is 0 Å².